The van der Waals surface area contributed by atoms with Crippen LogP contribution in [0.25, 0.3) is 11.3 Å². The van der Waals surface area contributed by atoms with E-state index < -0.39 is 0 Å². The van der Waals surface area contributed by atoms with Crippen molar-refractivity contribution in [3.8, 4) is 17.3 Å². The lowest BCUT2D eigenvalue weighted by molar-refractivity contribution is 0.867. The molecule has 0 bridgehead atoms. The molecule has 0 aliphatic rings. The highest BCUT2D eigenvalue weighted by Gasteiger charge is 2.10. The minimum atomic E-state index is 0.520. The third kappa shape index (κ3) is 2.65. The molecule has 0 amide bonds. The van der Waals surface area contributed by atoms with Crippen LogP contribution in [0.15, 0.2) is 30.3 Å². The number of nitriles is 1. The number of aromatic nitrogens is 1. The predicted molar refractivity (Wildman–Crippen MR) is 82.8 cm³/mol. The number of hydrogen-bond acceptors (Lipinski definition) is 3. The van der Waals surface area contributed by atoms with E-state index in [0.29, 0.717) is 17.3 Å². The summed E-state index contributed by atoms with van der Waals surface area (Å²) in [5, 5.41) is 12.1. The number of hydrogen-bond donors (Lipinski definition) is 1. The van der Waals surface area contributed by atoms with Crippen molar-refractivity contribution in [3.63, 3.8) is 0 Å². The monoisotopic (exact) mass is 265 g/mol. The summed E-state index contributed by atoms with van der Waals surface area (Å²) in [6, 6.07) is 12.5. The van der Waals surface area contributed by atoms with E-state index in [9.17, 15) is 0 Å². The maximum Gasteiger partial charge on any atom is 0.144 e. The van der Waals surface area contributed by atoms with Gasteiger partial charge in [-0.15, -0.1) is 0 Å². The van der Waals surface area contributed by atoms with E-state index in [1.807, 2.05) is 13.0 Å². The summed E-state index contributed by atoms with van der Waals surface area (Å²) in [5.74, 6) is 1.15. The van der Waals surface area contributed by atoms with Crippen LogP contribution in [0, 0.1) is 18.3 Å². The first-order valence-corrected chi connectivity index (χ1v) is 6.76. The van der Waals surface area contributed by atoms with Crippen molar-refractivity contribution in [2.45, 2.75) is 26.7 Å². The SMILES string of the molecule is CNc1nc(-c2ccc(C(C)C)cc2)c(C)cc1C#N. The van der Waals surface area contributed by atoms with Gasteiger partial charge in [-0.05, 0) is 30.0 Å². The molecule has 0 spiro atoms. The van der Waals surface area contributed by atoms with Crippen LogP contribution in [0.1, 0.15) is 36.5 Å². The Bertz CT molecular complexity index is 649. The Hall–Kier alpha value is -2.34. The molecule has 0 saturated heterocycles. The van der Waals surface area contributed by atoms with Gasteiger partial charge in [0.05, 0.1) is 11.3 Å². The number of pyridine rings is 1. The van der Waals surface area contributed by atoms with Crippen molar-refractivity contribution in [1.29, 1.82) is 5.26 Å². The van der Waals surface area contributed by atoms with E-state index in [-0.39, 0.29) is 0 Å². The van der Waals surface area contributed by atoms with Crippen LogP contribution < -0.4 is 5.32 Å². The van der Waals surface area contributed by atoms with Crippen molar-refractivity contribution in [3.05, 3.63) is 47.0 Å². The zero-order valence-corrected chi connectivity index (χ0v) is 12.4. The van der Waals surface area contributed by atoms with E-state index in [0.717, 1.165) is 16.8 Å². The lowest BCUT2D eigenvalue weighted by Gasteiger charge is -2.11. The van der Waals surface area contributed by atoms with E-state index in [1.165, 1.54) is 5.56 Å². The van der Waals surface area contributed by atoms with Gasteiger partial charge in [-0.3, -0.25) is 0 Å². The lowest BCUT2D eigenvalue weighted by atomic mass is 9.99. The minimum Gasteiger partial charge on any atom is -0.372 e. The molecule has 0 aliphatic carbocycles. The van der Waals surface area contributed by atoms with Gasteiger partial charge in [0, 0.05) is 12.6 Å². The molecule has 0 atom stereocenters. The van der Waals surface area contributed by atoms with Gasteiger partial charge in [-0.25, -0.2) is 4.98 Å². The van der Waals surface area contributed by atoms with E-state index in [2.05, 4.69) is 54.5 Å². The van der Waals surface area contributed by atoms with Crippen molar-refractivity contribution in [2.24, 2.45) is 0 Å². The Balaban J connectivity index is 2.50. The molecule has 1 N–H and O–H groups in total. The molecule has 3 heteroatoms. The largest absolute Gasteiger partial charge is 0.372 e. The molecule has 20 heavy (non-hydrogen) atoms. The molecule has 3 nitrogen and oxygen atoms in total. The Kier molecular flexibility index (Phi) is 4.05. The van der Waals surface area contributed by atoms with Gasteiger partial charge in [0.25, 0.3) is 0 Å². The summed E-state index contributed by atoms with van der Waals surface area (Å²) in [5.41, 5.74) is 4.90. The molecular formula is C17H19N3. The fraction of sp³-hybridized carbons (Fsp3) is 0.294. The molecular weight excluding hydrogens is 246 g/mol. The number of nitrogens with one attached hydrogen (secondary N) is 1. The smallest absolute Gasteiger partial charge is 0.144 e. The van der Waals surface area contributed by atoms with Crippen LogP contribution >= 0.6 is 0 Å². The Morgan fingerprint density at radius 2 is 1.85 bits per heavy atom. The molecule has 2 rings (SSSR count). The highest BCUT2D eigenvalue weighted by Crippen LogP contribution is 2.27. The summed E-state index contributed by atoms with van der Waals surface area (Å²) >= 11 is 0. The molecule has 0 fully saturated rings. The topological polar surface area (TPSA) is 48.7 Å². The predicted octanol–water partition coefficient (Wildman–Crippen LogP) is 4.09. The third-order valence-corrected chi connectivity index (χ3v) is 3.42. The first kappa shape index (κ1) is 14.1. The van der Waals surface area contributed by atoms with Crippen molar-refractivity contribution in [1.82, 2.24) is 4.98 Å². The summed E-state index contributed by atoms with van der Waals surface area (Å²) in [6.45, 7) is 6.34. The molecule has 1 aromatic heterocycles. The van der Waals surface area contributed by atoms with Gasteiger partial charge in [0.1, 0.15) is 11.9 Å². The van der Waals surface area contributed by atoms with Gasteiger partial charge in [0.15, 0.2) is 0 Å². The van der Waals surface area contributed by atoms with E-state index in [4.69, 9.17) is 5.26 Å². The minimum absolute atomic E-state index is 0.520. The fourth-order valence-corrected chi connectivity index (χ4v) is 2.21. The number of anilines is 1. The molecule has 102 valence electrons. The van der Waals surface area contributed by atoms with E-state index in [1.54, 1.807) is 7.05 Å². The Morgan fingerprint density at radius 1 is 1.20 bits per heavy atom. The number of benzene rings is 1. The molecule has 0 unspecified atom stereocenters. The summed E-state index contributed by atoms with van der Waals surface area (Å²) in [7, 11) is 1.78. The van der Waals surface area contributed by atoms with Crippen LogP contribution in [-0.2, 0) is 0 Å². The molecule has 1 heterocycles. The standard InChI is InChI=1S/C17H19N3/c1-11(2)13-5-7-14(8-6-13)16-12(3)9-15(10-18)17(19-4)20-16/h5-9,11H,1-4H3,(H,19,20). The first-order valence-electron chi connectivity index (χ1n) is 6.76. The summed E-state index contributed by atoms with van der Waals surface area (Å²) in [4.78, 5) is 4.57. The highest BCUT2D eigenvalue weighted by atomic mass is 15.0. The summed E-state index contributed by atoms with van der Waals surface area (Å²) in [6.07, 6.45) is 0. The van der Waals surface area contributed by atoms with Gasteiger partial charge in [-0.1, -0.05) is 38.1 Å². The molecule has 1 aromatic carbocycles. The number of nitrogens with zero attached hydrogens (tertiary/aromatic N) is 2. The maximum absolute atomic E-state index is 9.10. The Morgan fingerprint density at radius 3 is 2.35 bits per heavy atom. The van der Waals surface area contributed by atoms with Crippen LogP contribution in [0.3, 0.4) is 0 Å². The Labute approximate surface area is 120 Å². The van der Waals surface area contributed by atoms with Crippen LogP contribution in [-0.4, -0.2) is 12.0 Å². The fourth-order valence-electron chi connectivity index (χ4n) is 2.21. The van der Waals surface area contributed by atoms with Crippen LogP contribution in [0.4, 0.5) is 5.82 Å². The molecule has 0 radical (unpaired) electrons. The van der Waals surface area contributed by atoms with Gasteiger partial charge < -0.3 is 5.32 Å². The van der Waals surface area contributed by atoms with Gasteiger partial charge in [-0.2, -0.15) is 5.26 Å². The second-order valence-corrected chi connectivity index (χ2v) is 5.19. The molecule has 0 aliphatic heterocycles. The normalized spacial score (nSPS) is 10.4. The van der Waals surface area contributed by atoms with Gasteiger partial charge >= 0.3 is 0 Å². The van der Waals surface area contributed by atoms with Gasteiger partial charge in [0.2, 0.25) is 0 Å². The lowest BCUT2D eigenvalue weighted by Crippen LogP contribution is -2.00. The van der Waals surface area contributed by atoms with Crippen LogP contribution in [0.5, 0.6) is 0 Å². The van der Waals surface area contributed by atoms with E-state index >= 15 is 0 Å². The van der Waals surface area contributed by atoms with Crippen LogP contribution in [0.2, 0.25) is 0 Å². The third-order valence-electron chi connectivity index (χ3n) is 3.42. The second kappa shape index (κ2) is 5.75. The van der Waals surface area contributed by atoms with Crippen molar-refractivity contribution >= 4 is 5.82 Å². The summed E-state index contributed by atoms with van der Waals surface area (Å²) < 4.78 is 0. The number of rotatable bonds is 3. The zero-order valence-electron chi connectivity index (χ0n) is 12.4. The maximum atomic E-state index is 9.10. The average molecular weight is 265 g/mol. The quantitative estimate of drug-likeness (QED) is 0.909. The number of aryl methyl sites for hydroxylation is 1. The first-order chi connectivity index (χ1) is 9.56. The van der Waals surface area contributed by atoms with Crippen molar-refractivity contribution in [2.75, 3.05) is 12.4 Å². The average Bonchev–Trinajstić information content (AvgIpc) is 2.47. The zero-order chi connectivity index (χ0) is 14.7. The molecule has 0 saturated carbocycles. The highest BCUT2D eigenvalue weighted by molar-refractivity contribution is 5.68. The van der Waals surface area contributed by atoms with Crippen molar-refractivity contribution < 1.29 is 0 Å². The molecule has 2 aromatic rings. The second-order valence-electron chi connectivity index (χ2n) is 5.19.